The van der Waals surface area contributed by atoms with Crippen molar-refractivity contribution in [2.75, 3.05) is 11.9 Å². The first kappa shape index (κ1) is 18.8. The van der Waals surface area contributed by atoms with Crippen LogP contribution in [0.3, 0.4) is 0 Å². The average Bonchev–Trinajstić information content (AvgIpc) is 3.22. The molecule has 3 rings (SSSR count). The number of ether oxygens (including phenoxy) is 1. The van der Waals surface area contributed by atoms with E-state index in [-0.39, 0.29) is 18.3 Å². The summed E-state index contributed by atoms with van der Waals surface area (Å²) in [6.07, 6.45) is 0.246. The minimum atomic E-state index is -0.242. The lowest BCUT2D eigenvalue weighted by Crippen LogP contribution is -2.11. The van der Waals surface area contributed by atoms with Gasteiger partial charge in [-0.05, 0) is 32.4 Å². The highest BCUT2D eigenvalue weighted by Crippen LogP contribution is 2.26. The topological polar surface area (TPSA) is 81.4 Å². The summed E-state index contributed by atoms with van der Waals surface area (Å²) in [7, 11) is 0. The fourth-order valence-electron chi connectivity index (χ4n) is 2.66. The normalized spacial score (nSPS) is 10.6. The third-order valence-electron chi connectivity index (χ3n) is 3.91. The van der Waals surface area contributed by atoms with Crippen LogP contribution in [0.5, 0.6) is 0 Å². The summed E-state index contributed by atoms with van der Waals surface area (Å²) >= 11 is 1.35. The molecule has 0 aliphatic heterocycles. The molecule has 0 fully saturated rings. The molecule has 1 aromatic carbocycles. The number of aromatic nitrogens is 1. The summed E-state index contributed by atoms with van der Waals surface area (Å²) in [6, 6.07) is 9.27. The largest absolute Gasteiger partial charge is 0.466 e. The van der Waals surface area contributed by atoms with Gasteiger partial charge in [-0.3, -0.25) is 14.9 Å². The molecule has 140 valence electrons. The van der Waals surface area contributed by atoms with Crippen LogP contribution >= 0.6 is 11.3 Å². The molecule has 0 bridgehead atoms. The first-order valence-corrected chi connectivity index (χ1v) is 9.43. The molecule has 0 unspecified atom stereocenters. The number of carbonyl (C=O) groups is 2. The van der Waals surface area contributed by atoms with E-state index >= 15 is 0 Å². The SMILES string of the molecule is CCOC(=O)Cc1ccc(-c2csc(NC(=O)c3cc(C)oc3C)n2)cc1. The number of hydrogen-bond donors (Lipinski definition) is 1. The lowest BCUT2D eigenvalue weighted by atomic mass is 10.1. The Morgan fingerprint density at radius 2 is 1.96 bits per heavy atom. The summed E-state index contributed by atoms with van der Waals surface area (Å²) in [6.45, 7) is 5.72. The van der Waals surface area contributed by atoms with Crippen LogP contribution in [0.4, 0.5) is 5.13 Å². The van der Waals surface area contributed by atoms with Crippen molar-refractivity contribution in [2.45, 2.75) is 27.2 Å². The van der Waals surface area contributed by atoms with Crippen molar-refractivity contribution in [1.29, 1.82) is 0 Å². The molecule has 0 aliphatic rings. The lowest BCUT2D eigenvalue weighted by molar-refractivity contribution is -0.142. The molecule has 2 heterocycles. The molecule has 0 spiro atoms. The number of furan rings is 1. The second-order valence-electron chi connectivity index (χ2n) is 6.00. The van der Waals surface area contributed by atoms with Crippen LogP contribution in [0.2, 0.25) is 0 Å². The summed E-state index contributed by atoms with van der Waals surface area (Å²) in [5.74, 6) is 0.795. The van der Waals surface area contributed by atoms with Crippen molar-refractivity contribution in [1.82, 2.24) is 4.98 Å². The summed E-state index contributed by atoms with van der Waals surface area (Å²) in [4.78, 5) is 28.3. The van der Waals surface area contributed by atoms with Gasteiger partial charge in [-0.15, -0.1) is 11.3 Å². The minimum Gasteiger partial charge on any atom is -0.466 e. The van der Waals surface area contributed by atoms with Crippen LogP contribution in [0, 0.1) is 13.8 Å². The summed E-state index contributed by atoms with van der Waals surface area (Å²) in [5.41, 5.74) is 3.06. The predicted octanol–water partition coefficient (Wildman–Crippen LogP) is 4.38. The van der Waals surface area contributed by atoms with E-state index in [0.29, 0.717) is 28.8 Å². The predicted molar refractivity (Wildman–Crippen MR) is 104 cm³/mol. The quantitative estimate of drug-likeness (QED) is 0.638. The van der Waals surface area contributed by atoms with E-state index in [1.54, 1.807) is 26.8 Å². The number of carbonyl (C=O) groups excluding carboxylic acids is 2. The van der Waals surface area contributed by atoms with E-state index in [0.717, 1.165) is 16.8 Å². The van der Waals surface area contributed by atoms with Crippen molar-refractivity contribution < 1.29 is 18.7 Å². The zero-order chi connectivity index (χ0) is 19.4. The number of nitrogens with zero attached hydrogens (tertiary/aromatic N) is 1. The van der Waals surface area contributed by atoms with Crippen molar-refractivity contribution >= 4 is 28.3 Å². The maximum Gasteiger partial charge on any atom is 0.310 e. The van der Waals surface area contributed by atoms with Crippen LogP contribution < -0.4 is 5.32 Å². The van der Waals surface area contributed by atoms with Crippen LogP contribution in [0.1, 0.15) is 34.4 Å². The molecule has 1 N–H and O–H groups in total. The number of anilines is 1. The van der Waals surface area contributed by atoms with E-state index in [4.69, 9.17) is 9.15 Å². The first-order valence-electron chi connectivity index (χ1n) is 8.55. The summed E-state index contributed by atoms with van der Waals surface area (Å²) in [5, 5.41) is 5.20. The van der Waals surface area contributed by atoms with E-state index in [1.807, 2.05) is 29.6 Å². The van der Waals surface area contributed by atoms with E-state index in [9.17, 15) is 9.59 Å². The fourth-order valence-corrected chi connectivity index (χ4v) is 3.37. The van der Waals surface area contributed by atoms with E-state index < -0.39 is 0 Å². The van der Waals surface area contributed by atoms with E-state index in [1.165, 1.54) is 11.3 Å². The number of thiazole rings is 1. The molecule has 3 aromatic rings. The number of nitrogens with one attached hydrogen (secondary N) is 1. The second kappa shape index (κ2) is 8.18. The molecule has 6 nitrogen and oxygen atoms in total. The Hall–Kier alpha value is -2.93. The highest BCUT2D eigenvalue weighted by molar-refractivity contribution is 7.14. The number of hydrogen-bond acceptors (Lipinski definition) is 6. The van der Waals surface area contributed by atoms with Gasteiger partial charge in [0.05, 0.1) is 24.3 Å². The zero-order valence-electron chi connectivity index (χ0n) is 15.4. The first-order chi connectivity index (χ1) is 13.0. The number of benzene rings is 1. The maximum atomic E-state index is 12.3. The van der Waals surface area contributed by atoms with Gasteiger partial charge in [-0.1, -0.05) is 24.3 Å². The lowest BCUT2D eigenvalue weighted by Gasteiger charge is -2.03. The minimum absolute atomic E-state index is 0.241. The highest BCUT2D eigenvalue weighted by atomic mass is 32.1. The average molecular weight is 384 g/mol. The van der Waals surface area contributed by atoms with Crippen LogP contribution in [-0.2, 0) is 16.0 Å². The van der Waals surface area contributed by atoms with Crippen molar-refractivity contribution in [3.8, 4) is 11.3 Å². The molecular weight excluding hydrogens is 364 g/mol. The third-order valence-corrected chi connectivity index (χ3v) is 4.67. The monoisotopic (exact) mass is 384 g/mol. The maximum absolute atomic E-state index is 12.3. The van der Waals surface area contributed by atoms with Gasteiger partial charge in [0.25, 0.3) is 5.91 Å². The van der Waals surface area contributed by atoms with Crippen LogP contribution in [0.25, 0.3) is 11.3 Å². The molecule has 27 heavy (non-hydrogen) atoms. The molecule has 0 aliphatic carbocycles. The van der Waals surface area contributed by atoms with E-state index in [2.05, 4.69) is 10.3 Å². The number of esters is 1. The Bertz CT molecular complexity index is 957. The Morgan fingerprint density at radius 3 is 2.59 bits per heavy atom. The molecule has 0 saturated carbocycles. The smallest absolute Gasteiger partial charge is 0.310 e. The van der Waals surface area contributed by atoms with Gasteiger partial charge >= 0.3 is 5.97 Å². The molecule has 1 amide bonds. The van der Waals surface area contributed by atoms with Crippen molar-refractivity contribution in [3.05, 3.63) is 58.4 Å². The molecule has 0 atom stereocenters. The van der Waals surface area contributed by atoms with Crippen LogP contribution in [0.15, 0.2) is 40.1 Å². The number of aryl methyl sites for hydroxylation is 2. The molecular formula is C20H20N2O4S. The number of rotatable bonds is 6. The Labute approximate surface area is 161 Å². The zero-order valence-corrected chi connectivity index (χ0v) is 16.2. The van der Waals surface area contributed by atoms with Crippen LogP contribution in [-0.4, -0.2) is 23.5 Å². The standard InChI is InChI=1S/C20H20N2O4S/c1-4-25-18(23)10-14-5-7-15(8-6-14)17-11-27-20(21-17)22-19(24)16-9-12(2)26-13(16)3/h5-9,11H,4,10H2,1-3H3,(H,21,22,24). The summed E-state index contributed by atoms with van der Waals surface area (Å²) < 4.78 is 10.3. The van der Waals surface area contributed by atoms with Gasteiger partial charge in [0.1, 0.15) is 11.5 Å². The van der Waals surface area contributed by atoms with Gasteiger partial charge in [-0.25, -0.2) is 4.98 Å². The second-order valence-corrected chi connectivity index (χ2v) is 6.86. The molecule has 0 radical (unpaired) electrons. The van der Waals surface area contributed by atoms with Gasteiger partial charge in [0, 0.05) is 10.9 Å². The highest BCUT2D eigenvalue weighted by Gasteiger charge is 2.15. The molecule has 2 aromatic heterocycles. The Kier molecular flexibility index (Phi) is 5.71. The van der Waals surface area contributed by atoms with Crippen molar-refractivity contribution in [3.63, 3.8) is 0 Å². The molecule has 7 heteroatoms. The van der Waals surface area contributed by atoms with Crippen molar-refractivity contribution in [2.24, 2.45) is 0 Å². The Morgan fingerprint density at radius 1 is 1.22 bits per heavy atom. The third kappa shape index (κ3) is 4.62. The fraction of sp³-hybridized carbons (Fsp3) is 0.250. The van der Waals surface area contributed by atoms with Gasteiger partial charge < -0.3 is 9.15 Å². The molecule has 0 saturated heterocycles. The Balaban J connectivity index is 1.67. The number of amides is 1. The van der Waals surface area contributed by atoms with Gasteiger partial charge in [0.2, 0.25) is 0 Å². The van der Waals surface area contributed by atoms with Gasteiger partial charge in [0.15, 0.2) is 5.13 Å². The van der Waals surface area contributed by atoms with Gasteiger partial charge in [-0.2, -0.15) is 0 Å².